The maximum atomic E-state index is 13.7. The summed E-state index contributed by atoms with van der Waals surface area (Å²) in [6, 6.07) is 4.94. The largest absolute Gasteiger partial charge is 0.374 e. The molecule has 0 unspecified atom stereocenters. The van der Waals surface area contributed by atoms with Crippen molar-refractivity contribution in [3.8, 4) is 0 Å². The molecule has 2 aromatic rings. The summed E-state index contributed by atoms with van der Waals surface area (Å²) in [5, 5.41) is 0. The number of aromatic nitrogens is 2. The molecule has 5 heteroatoms. The first kappa shape index (κ1) is 14.3. The van der Waals surface area contributed by atoms with E-state index in [0.29, 0.717) is 24.5 Å². The summed E-state index contributed by atoms with van der Waals surface area (Å²) in [5.41, 5.74) is 0.768. The van der Waals surface area contributed by atoms with Crippen LogP contribution in [0, 0.1) is 5.82 Å². The number of alkyl halides is 1. The van der Waals surface area contributed by atoms with Crippen LogP contribution in [-0.2, 0) is 17.2 Å². The van der Waals surface area contributed by atoms with Crippen molar-refractivity contribution in [2.75, 3.05) is 6.61 Å². The highest BCUT2D eigenvalue weighted by Gasteiger charge is 2.22. The van der Waals surface area contributed by atoms with Crippen LogP contribution in [0.2, 0.25) is 0 Å². The van der Waals surface area contributed by atoms with Gasteiger partial charge in [0.2, 0.25) is 0 Å². The van der Waals surface area contributed by atoms with Crippen LogP contribution in [0.1, 0.15) is 26.6 Å². The molecule has 0 aliphatic carbocycles. The maximum Gasteiger partial charge on any atom is 0.151 e. The van der Waals surface area contributed by atoms with Crippen LogP contribution < -0.4 is 0 Å². The highest BCUT2D eigenvalue weighted by molar-refractivity contribution is 6.16. The molecular weight excluding hydrogens is 267 g/mol. The lowest BCUT2D eigenvalue weighted by molar-refractivity contribution is -0.0220. The number of nitrogens with zero attached hydrogens (tertiary/aromatic N) is 2. The van der Waals surface area contributed by atoms with Crippen molar-refractivity contribution in [3.63, 3.8) is 0 Å². The molecule has 0 radical (unpaired) electrons. The van der Waals surface area contributed by atoms with Crippen LogP contribution in [0.15, 0.2) is 18.2 Å². The number of rotatable bonds is 5. The Kier molecular flexibility index (Phi) is 4.11. The Morgan fingerprint density at radius 1 is 1.42 bits per heavy atom. The van der Waals surface area contributed by atoms with E-state index in [2.05, 4.69) is 4.98 Å². The molecule has 0 spiro atoms. The van der Waals surface area contributed by atoms with Crippen LogP contribution >= 0.6 is 11.6 Å². The highest BCUT2D eigenvalue weighted by atomic mass is 35.5. The van der Waals surface area contributed by atoms with E-state index in [4.69, 9.17) is 16.3 Å². The van der Waals surface area contributed by atoms with E-state index in [1.807, 2.05) is 31.4 Å². The number of imidazole rings is 1. The van der Waals surface area contributed by atoms with Gasteiger partial charge in [-0.25, -0.2) is 9.37 Å². The SMILES string of the molecule is CCOC(C)(C)Cn1c(CCl)nc2c(F)cccc21. The van der Waals surface area contributed by atoms with Gasteiger partial charge in [0.25, 0.3) is 0 Å². The Hall–Kier alpha value is -1.13. The van der Waals surface area contributed by atoms with Crippen LogP contribution in [0.3, 0.4) is 0 Å². The second-order valence-corrected chi connectivity index (χ2v) is 5.32. The summed E-state index contributed by atoms with van der Waals surface area (Å²) < 4.78 is 21.4. The zero-order valence-corrected chi connectivity index (χ0v) is 12.2. The fraction of sp³-hybridized carbons (Fsp3) is 0.500. The molecule has 3 nitrogen and oxygen atoms in total. The maximum absolute atomic E-state index is 13.7. The normalized spacial score (nSPS) is 12.3. The first-order valence-electron chi connectivity index (χ1n) is 6.32. The quantitative estimate of drug-likeness (QED) is 0.782. The second-order valence-electron chi connectivity index (χ2n) is 5.05. The number of fused-ring (bicyclic) bond motifs is 1. The number of benzene rings is 1. The summed E-state index contributed by atoms with van der Waals surface area (Å²) in [4.78, 5) is 4.28. The Morgan fingerprint density at radius 3 is 2.79 bits per heavy atom. The topological polar surface area (TPSA) is 27.1 Å². The van der Waals surface area contributed by atoms with E-state index in [1.165, 1.54) is 6.07 Å². The Bertz CT molecular complexity index is 580. The molecule has 0 bridgehead atoms. The lowest BCUT2D eigenvalue weighted by atomic mass is 10.1. The van der Waals surface area contributed by atoms with Crippen molar-refractivity contribution in [3.05, 3.63) is 29.8 Å². The standard InChI is InChI=1S/C14H18ClFN2O/c1-4-19-14(2,3)9-18-11-7-5-6-10(16)13(11)17-12(18)8-15/h5-7H,4,8-9H2,1-3H3. The van der Waals surface area contributed by atoms with Crippen molar-refractivity contribution in [1.29, 1.82) is 0 Å². The molecule has 0 atom stereocenters. The molecule has 0 aliphatic rings. The third-order valence-electron chi connectivity index (χ3n) is 3.00. The summed E-state index contributed by atoms with van der Waals surface area (Å²) in [7, 11) is 0. The molecule has 1 heterocycles. The fourth-order valence-corrected chi connectivity index (χ4v) is 2.46. The highest BCUT2D eigenvalue weighted by Crippen LogP contribution is 2.23. The number of hydrogen-bond donors (Lipinski definition) is 0. The predicted molar refractivity (Wildman–Crippen MR) is 75.0 cm³/mol. The molecule has 104 valence electrons. The zero-order valence-electron chi connectivity index (χ0n) is 11.4. The summed E-state index contributed by atoms with van der Waals surface area (Å²) in [6.45, 7) is 7.17. The summed E-state index contributed by atoms with van der Waals surface area (Å²) in [5.74, 6) is 0.586. The minimum atomic E-state index is -0.352. The van der Waals surface area contributed by atoms with Gasteiger partial charge >= 0.3 is 0 Å². The Labute approximate surface area is 117 Å². The van der Waals surface area contributed by atoms with E-state index in [0.717, 1.165) is 5.52 Å². The second kappa shape index (κ2) is 5.47. The van der Waals surface area contributed by atoms with Gasteiger partial charge in [-0.1, -0.05) is 6.07 Å². The monoisotopic (exact) mass is 284 g/mol. The smallest absolute Gasteiger partial charge is 0.151 e. The third-order valence-corrected chi connectivity index (χ3v) is 3.24. The number of hydrogen-bond acceptors (Lipinski definition) is 2. The van der Waals surface area contributed by atoms with E-state index < -0.39 is 0 Å². The van der Waals surface area contributed by atoms with Crippen LogP contribution in [-0.4, -0.2) is 21.8 Å². The van der Waals surface area contributed by atoms with Crippen LogP contribution in [0.4, 0.5) is 4.39 Å². The first-order valence-corrected chi connectivity index (χ1v) is 6.85. The minimum Gasteiger partial charge on any atom is -0.374 e. The minimum absolute atomic E-state index is 0.246. The van der Waals surface area contributed by atoms with Crippen molar-refractivity contribution in [2.24, 2.45) is 0 Å². The van der Waals surface area contributed by atoms with Gasteiger partial charge in [-0.15, -0.1) is 11.6 Å². The van der Waals surface area contributed by atoms with Crippen molar-refractivity contribution in [2.45, 2.75) is 38.8 Å². The van der Waals surface area contributed by atoms with Crippen LogP contribution in [0.25, 0.3) is 11.0 Å². The molecule has 0 N–H and O–H groups in total. The zero-order chi connectivity index (χ0) is 14.0. The van der Waals surface area contributed by atoms with Gasteiger partial charge < -0.3 is 9.30 Å². The van der Waals surface area contributed by atoms with Gasteiger partial charge in [-0.2, -0.15) is 0 Å². The number of halogens is 2. The Morgan fingerprint density at radius 2 is 2.16 bits per heavy atom. The van der Waals surface area contributed by atoms with E-state index in [9.17, 15) is 4.39 Å². The average Bonchev–Trinajstić information content (AvgIpc) is 2.68. The van der Waals surface area contributed by atoms with Gasteiger partial charge in [-0.05, 0) is 32.9 Å². The molecule has 1 aromatic heterocycles. The van der Waals surface area contributed by atoms with Gasteiger partial charge in [0.1, 0.15) is 11.3 Å². The molecule has 0 fully saturated rings. The van der Waals surface area contributed by atoms with Gasteiger partial charge in [-0.3, -0.25) is 0 Å². The fourth-order valence-electron chi connectivity index (χ4n) is 2.26. The molecule has 0 saturated heterocycles. The molecule has 19 heavy (non-hydrogen) atoms. The van der Waals surface area contributed by atoms with Crippen molar-refractivity contribution in [1.82, 2.24) is 9.55 Å². The van der Waals surface area contributed by atoms with Crippen molar-refractivity contribution >= 4 is 22.6 Å². The molecular formula is C14H18ClFN2O. The van der Waals surface area contributed by atoms with Crippen LogP contribution in [0.5, 0.6) is 0 Å². The van der Waals surface area contributed by atoms with Gasteiger partial charge in [0.15, 0.2) is 5.82 Å². The van der Waals surface area contributed by atoms with Gasteiger partial charge in [0.05, 0.1) is 23.5 Å². The van der Waals surface area contributed by atoms with Crippen molar-refractivity contribution < 1.29 is 9.13 Å². The Balaban J connectivity index is 2.49. The summed E-state index contributed by atoms with van der Waals surface area (Å²) >= 11 is 5.92. The lowest BCUT2D eigenvalue weighted by Gasteiger charge is -2.26. The van der Waals surface area contributed by atoms with Gasteiger partial charge in [0, 0.05) is 6.61 Å². The van der Waals surface area contributed by atoms with E-state index in [1.54, 1.807) is 6.07 Å². The third kappa shape index (κ3) is 2.90. The molecule has 0 saturated carbocycles. The number of para-hydroxylation sites is 1. The first-order chi connectivity index (χ1) is 8.98. The summed E-state index contributed by atoms with van der Waals surface area (Å²) in [6.07, 6.45) is 0. The molecule has 0 amide bonds. The predicted octanol–water partition coefficient (Wildman–Crippen LogP) is 3.73. The van der Waals surface area contributed by atoms with E-state index >= 15 is 0 Å². The average molecular weight is 285 g/mol. The number of ether oxygens (including phenoxy) is 1. The lowest BCUT2D eigenvalue weighted by Crippen LogP contribution is -2.31. The van der Waals surface area contributed by atoms with E-state index in [-0.39, 0.29) is 17.3 Å². The molecule has 0 aliphatic heterocycles. The molecule has 2 rings (SSSR count). The molecule has 1 aromatic carbocycles.